The Balaban J connectivity index is 1.58. The molecule has 7 heteroatoms. The highest BCUT2D eigenvalue weighted by atomic mass is 19.1. The number of H-pyrrole nitrogens is 1. The molecule has 4 rings (SSSR count). The van der Waals surface area contributed by atoms with Crippen LogP contribution < -0.4 is 4.90 Å². The number of anilines is 1. The molecule has 0 saturated carbocycles. The predicted octanol–water partition coefficient (Wildman–Crippen LogP) is 2.73. The lowest BCUT2D eigenvalue weighted by molar-refractivity contribution is 0.208. The molecular formula is C20H19FN6. The van der Waals surface area contributed by atoms with E-state index in [0.717, 1.165) is 18.7 Å². The number of benzene rings is 1. The molecule has 1 aliphatic rings. The van der Waals surface area contributed by atoms with Crippen LogP contribution in [0.25, 0.3) is 0 Å². The Bertz CT molecular complexity index is 941. The number of hydrogen-bond donors (Lipinski definition) is 1. The molecule has 1 aliphatic heterocycles. The second-order valence-corrected chi connectivity index (χ2v) is 6.47. The maximum absolute atomic E-state index is 14.5. The third kappa shape index (κ3) is 3.39. The molecule has 27 heavy (non-hydrogen) atoms. The standard InChI is InChI=1S/C20H19FN6/c21-18-6-2-1-5-17(18)19(16-13-24-25-14-16)26-8-10-27(11-9-26)20-15(12-22)4-3-7-23-20/h1-7,13-14,19H,8-11H2,(H,24,25). The smallest absolute Gasteiger partial charge is 0.146 e. The van der Waals surface area contributed by atoms with Crippen LogP contribution in [0.3, 0.4) is 0 Å². The third-order valence-electron chi connectivity index (χ3n) is 4.92. The van der Waals surface area contributed by atoms with E-state index < -0.39 is 0 Å². The van der Waals surface area contributed by atoms with Crippen LogP contribution in [-0.2, 0) is 0 Å². The van der Waals surface area contributed by atoms with Crippen molar-refractivity contribution < 1.29 is 4.39 Å². The molecule has 1 unspecified atom stereocenters. The van der Waals surface area contributed by atoms with Crippen molar-refractivity contribution in [1.82, 2.24) is 20.1 Å². The highest BCUT2D eigenvalue weighted by molar-refractivity contribution is 5.53. The van der Waals surface area contributed by atoms with Crippen LogP contribution in [0, 0.1) is 17.1 Å². The monoisotopic (exact) mass is 362 g/mol. The molecule has 1 aromatic carbocycles. The summed E-state index contributed by atoms with van der Waals surface area (Å²) < 4.78 is 14.5. The molecule has 1 N–H and O–H groups in total. The van der Waals surface area contributed by atoms with Crippen molar-refractivity contribution in [3.8, 4) is 6.07 Å². The molecule has 0 radical (unpaired) electrons. The summed E-state index contributed by atoms with van der Waals surface area (Å²) in [7, 11) is 0. The van der Waals surface area contributed by atoms with Crippen molar-refractivity contribution >= 4 is 5.82 Å². The van der Waals surface area contributed by atoms with Gasteiger partial charge in [0.15, 0.2) is 0 Å². The molecular weight excluding hydrogens is 343 g/mol. The van der Waals surface area contributed by atoms with Crippen LogP contribution >= 0.6 is 0 Å². The Hall–Kier alpha value is -3.24. The lowest BCUT2D eigenvalue weighted by Gasteiger charge is -2.40. The molecule has 0 bridgehead atoms. The van der Waals surface area contributed by atoms with E-state index in [2.05, 4.69) is 31.1 Å². The number of nitrogens with zero attached hydrogens (tertiary/aromatic N) is 5. The SMILES string of the molecule is N#Cc1cccnc1N1CCN(C(c2cn[nH]c2)c2ccccc2F)CC1. The van der Waals surface area contributed by atoms with Crippen LogP contribution in [-0.4, -0.2) is 46.3 Å². The first-order valence-electron chi connectivity index (χ1n) is 8.85. The van der Waals surface area contributed by atoms with Gasteiger partial charge >= 0.3 is 0 Å². The van der Waals surface area contributed by atoms with E-state index in [-0.39, 0.29) is 11.9 Å². The Morgan fingerprint density at radius 3 is 2.63 bits per heavy atom. The van der Waals surface area contributed by atoms with Gasteiger partial charge in [-0.15, -0.1) is 0 Å². The largest absolute Gasteiger partial charge is 0.353 e. The summed E-state index contributed by atoms with van der Waals surface area (Å²) in [5.74, 6) is 0.494. The van der Waals surface area contributed by atoms with Gasteiger partial charge in [-0.1, -0.05) is 18.2 Å². The molecule has 2 aromatic heterocycles. The Morgan fingerprint density at radius 1 is 1.11 bits per heavy atom. The predicted molar refractivity (Wildman–Crippen MR) is 99.6 cm³/mol. The first-order valence-corrected chi connectivity index (χ1v) is 8.85. The number of nitriles is 1. The summed E-state index contributed by atoms with van der Waals surface area (Å²) in [5, 5.41) is 16.2. The number of hydrogen-bond acceptors (Lipinski definition) is 5. The Labute approximate surface area is 156 Å². The molecule has 1 saturated heterocycles. The third-order valence-corrected chi connectivity index (χ3v) is 4.92. The topological polar surface area (TPSA) is 71.8 Å². The zero-order valence-corrected chi connectivity index (χ0v) is 14.7. The number of halogens is 1. The summed E-state index contributed by atoms with van der Waals surface area (Å²) >= 11 is 0. The fraction of sp³-hybridized carbons (Fsp3) is 0.250. The average Bonchev–Trinajstić information content (AvgIpc) is 3.24. The number of pyridine rings is 1. The molecule has 3 heterocycles. The van der Waals surface area contributed by atoms with Crippen LogP contribution in [0.1, 0.15) is 22.7 Å². The zero-order valence-electron chi connectivity index (χ0n) is 14.7. The minimum absolute atomic E-state index is 0.203. The Kier molecular flexibility index (Phi) is 4.81. The van der Waals surface area contributed by atoms with Crippen molar-refractivity contribution in [3.05, 3.63) is 77.5 Å². The molecule has 0 aliphatic carbocycles. The van der Waals surface area contributed by atoms with Gasteiger partial charge in [0.2, 0.25) is 0 Å². The molecule has 3 aromatic rings. The minimum atomic E-state index is -0.220. The maximum atomic E-state index is 14.5. The summed E-state index contributed by atoms with van der Waals surface area (Å²) in [6, 6.07) is 12.4. The van der Waals surface area contributed by atoms with Crippen molar-refractivity contribution in [1.29, 1.82) is 5.26 Å². The van der Waals surface area contributed by atoms with E-state index in [1.165, 1.54) is 6.07 Å². The molecule has 1 atom stereocenters. The number of rotatable bonds is 4. The molecule has 6 nitrogen and oxygen atoms in total. The normalized spacial score (nSPS) is 16.1. The number of aromatic amines is 1. The first-order chi connectivity index (χ1) is 13.3. The fourth-order valence-corrected chi connectivity index (χ4v) is 3.62. The average molecular weight is 362 g/mol. The summed E-state index contributed by atoms with van der Waals surface area (Å²) in [6.45, 7) is 2.89. The molecule has 0 spiro atoms. The van der Waals surface area contributed by atoms with Crippen LogP contribution in [0.5, 0.6) is 0 Å². The summed E-state index contributed by atoms with van der Waals surface area (Å²) in [6.07, 6.45) is 5.27. The van der Waals surface area contributed by atoms with E-state index in [1.807, 2.05) is 18.3 Å². The van der Waals surface area contributed by atoms with E-state index >= 15 is 0 Å². The van der Waals surface area contributed by atoms with Crippen molar-refractivity contribution in [3.63, 3.8) is 0 Å². The van der Waals surface area contributed by atoms with Crippen LogP contribution in [0.15, 0.2) is 55.0 Å². The second-order valence-electron chi connectivity index (χ2n) is 6.47. The van der Waals surface area contributed by atoms with Crippen molar-refractivity contribution in [2.75, 3.05) is 31.1 Å². The van der Waals surface area contributed by atoms with Gasteiger partial charge in [0.25, 0.3) is 0 Å². The first kappa shape index (κ1) is 17.2. The van der Waals surface area contributed by atoms with Gasteiger partial charge in [0, 0.05) is 49.7 Å². The fourth-order valence-electron chi connectivity index (χ4n) is 3.62. The Morgan fingerprint density at radius 2 is 1.93 bits per heavy atom. The molecule has 136 valence electrons. The highest BCUT2D eigenvalue weighted by Gasteiger charge is 2.29. The number of nitrogens with one attached hydrogen (secondary N) is 1. The van der Waals surface area contributed by atoms with Gasteiger partial charge in [-0.05, 0) is 18.2 Å². The molecule has 0 amide bonds. The van der Waals surface area contributed by atoms with Gasteiger partial charge in [-0.2, -0.15) is 10.4 Å². The zero-order chi connectivity index (χ0) is 18.6. The van der Waals surface area contributed by atoms with Crippen LogP contribution in [0.2, 0.25) is 0 Å². The quantitative estimate of drug-likeness (QED) is 0.773. The lowest BCUT2D eigenvalue weighted by atomic mass is 9.98. The van der Waals surface area contributed by atoms with Crippen molar-refractivity contribution in [2.24, 2.45) is 0 Å². The van der Waals surface area contributed by atoms with E-state index in [0.29, 0.717) is 30.0 Å². The molecule has 1 fully saturated rings. The number of aromatic nitrogens is 3. The highest BCUT2D eigenvalue weighted by Crippen LogP contribution is 2.31. The van der Waals surface area contributed by atoms with Gasteiger partial charge < -0.3 is 4.90 Å². The van der Waals surface area contributed by atoms with E-state index in [1.54, 1.807) is 30.6 Å². The summed E-state index contributed by atoms with van der Waals surface area (Å²) in [4.78, 5) is 8.73. The maximum Gasteiger partial charge on any atom is 0.146 e. The van der Waals surface area contributed by atoms with Gasteiger partial charge in [-0.25, -0.2) is 9.37 Å². The second kappa shape index (κ2) is 7.56. The van der Waals surface area contributed by atoms with E-state index in [4.69, 9.17) is 0 Å². The van der Waals surface area contributed by atoms with Crippen LogP contribution in [0.4, 0.5) is 10.2 Å². The van der Waals surface area contributed by atoms with Gasteiger partial charge in [0.05, 0.1) is 17.8 Å². The lowest BCUT2D eigenvalue weighted by Crippen LogP contribution is -2.48. The van der Waals surface area contributed by atoms with Gasteiger partial charge in [-0.3, -0.25) is 10.00 Å². The van der Waals surface area contributed by atoms with Crippen molar-refractivity contribution in [2.45, 2.75) is 6.04 Å². The number of piperazine rings is 1. The van der Waals surface area contributed by atoms with Gasteiger partial charge in [0.1, 0.15) is 17.7 Å². The summed E-state index contributed by atoms with van der Waals surface area (Å²) in [5.41, 5.74) is 2.15. The van der Waals surface area contributed by atoms with E-state index in [9.17, 15) is 9.65 Å². The minimum Gasteiger partial charge on any atom is -0.353 e.